The van der Waals surface area contributed by atoms with Crippen LogP contribution < -0.4 is 20.3 Å². The van der Waals surface area contributed by atoms with E-state index in [0.29, 0.717) is 23.7 Å². The predicted octanol–water partition coefficient (Wildman–Crippen LogP) is 3.28. The molecule has 30 heavy (non-hydrogen) atoms. The summed E-state index contributed by atoms with van der Waals surface area (Å²) in [6.45, 7) is 7.94. The summed E-state index contributed by atoms with van der Waals surface area (Å²) in [6, 6.07) is 12.4. The van der Waals surface area contributed by atoms with Gasteiger partial charge in [-0.3, -0.25) is 25.2 Å². The number of rotatable bonds is 9. The quantitative estimate of drug-likeness (QED) is 0.487. The average Bonchev–Trinajstić information content (AvgIpc) is 2.73. The molecule has 7 heteroatoms. The summed E-state index contributed by atoms with van der Waals surface area (Å²) in [5.74, 6) is 0.147. The van der Waals surface area contributed by atoms with Gasteiger partial charge in [0, 0.05) is 18.4 Å². The number of benzene rings is 2. The zero-order chi connectivity index (χ0) is 22.1. The van der Waals surface area contributed by atoms with Crippen LogP contribution in [0.4, 0.5) is 0 Å². The van der Waals surface area contributed by atoms with Crippen molar-refractivity contribution in [2.24, 2.45) is 0 Å². The Morgan fingerprint density at radius 2 is 1.57 bits per heavy atom. The topological polar surface area (TPSA) is 93.7 Å². The normalized spacial score (nSPS) is 11.3. The highest BCUT2D eigenvalue weighted by Crippen LogP contribution is 2.18. The number of carbonyl (C=O) groups is 3. The molecule has 0 aliphatic heterocycles. The molecule has 2 aromatic carbocycles. The molecular weight excluding hydrogens is 384 g/mol. The van der Waals surface area contributed by atoms with Crippen LogP contribution in [0.3, 0.4) is 0 Å². The lowest BCUT2D eigenvalue weighted by Crippen LogP contribution is -2.47. The molecule has 2 N–H and O–H groups in total. The third kappa shape index (κ3) is 6.92. The number of Topliss-reactive ketones (excluding diaryl/α,β-unsaturated/α-hetero) is 1. The lowest BCUT2D eigenvalue weighted by Gasteiger charge is -2.15. The second kappa shape index (κ2) is 11.0. The van der Waals surface area contributed by atoms with Gasteiger partial charge in [-0.05, 0) is 69.2 Å². The first-order chi connectivity index (χ1) is 14.3. The Balaban J connectivity index is 1.74. The van der Waals surface area contributed by atoms with Gasteiger partial charge in [-0.25, -0.2) is 0 Å². The minimum Gasteiger partial charge on any atom is -0.494 e. The highest BCUT2D eigenvalue weighted by Gasteiger charge is 2.16. The third-order valence-electron chi connectivity index (χ3n) is 4.55. The summed E-state index contributed by atoms with van der Waals surface area (Å²) >= 11 is 0. The third-order valence-corrected chi connectivity index (χ3v) is 4.55. The van der Waals surface area contributed by atoms with Crippen LogP contribution in [0.15, 0.2) is 42.5 Å². The summed E-state index contributed by atoms with van der Waals surface area (Å²) in [4.78, 5) is 36.3. The van der Waals surface area contributed by atoms with Gasteiger partial charge in [0.15, 0.2) is 11.9 Å². The van der Waals surface area contributed by atoms with Crippen molar-refractivity contribution in [1.82, 2.24) is 10.9 Å². The lowest BCUT2D eigenvalue weighted by molar-refractivity contribution is -0.132. The molecule has 0 aliphatic rings. The van der Waals surface area contributed by atoms with E-state index in [1.165, 1.54) is 0 Å². The number of ether oxygens (including phenoxy) is 2. The van der Waals surface area contributed by atoms with E-state index in [1.807, 2.05) is 32.9 Å². The fourth-order valence-corrected chi connectivity index (χ4v) is 2.62. The Bertz CT molecular complexity index is 893. The zero-order valence-electron chi connectivity index (χ0n) is 17.8. The average molecular weight is 412 g/mol. The van der Waals surface area contributed by atoms with E-state index in [4.69, 9.17) is 9.47 Å². The summed E-state index contributed by atoms with van der Waals surface area (Å²) in [5.41, 5.74) is 7.33. The molecule has 0 heterocycles. The second-order valence-corrected chi connectivity index (χ2v) is 6.92. The minimum absolute atomic E-state index is 0.0276. The molecule has 0 saturated carbocycles. The van der Waals surface area contributed by atoms with Gasteiger partial charge in [0.1, 0.15) is 11.5 Å². The molecule has 0 radical (unpaired) electrons. The molecule has 0 saturated heterocycles. The van der Waals surface area contributed by atoms with Gasteiger partial charge in [0.25, 0.3) is 5.91 Å². The molecule has 0 aliphatic carbocycles. The second-order valence-electron chi connectivity index (χ2n) is 6.92. The minimum atomic E-state index is -0.819. The monoisotopic (exact) mass is 412 g/mol. The number of aryl methyl sites for hydroxylation is 2. The van der Waals surface area contributed by atoms with Crippen LogP contribution in [0, 0.1) is 13.8 Å². The molecule has 0 spiro atoms. The number of nitrogens with one attached hydrogen (secondary N) is 2. The van der Waals surface area contributed by atoms with Gasteiger partial charge in [0.05, 0.1) is 6.61 Å². The van der Waals surface area contributed by atoms with Crippen LogP contribution in [-0.4, -0.2) is 30.3 Å². The van der Waals surface area contributed by atoms with E-state index < -0.39 is 17.9 Å². The fourth-order valence-electron chi connectivity index (χ4n) is 2.62. The Hall–Kier alpha value is -3.35. The van der Waals surface area contributed by atoms with Gasteiger partial charge >= 0.3 is 0 Å². The van der Waals surface area contributed by atoms with Gasteiger partial charge in [-0.1, -0.05) is 12.1 Å². The number of ketones is 1. The van der Waals surface area contributed by atoms with Gasteiger partial charge < -0.3 is 9.47 Å². The maximum absolute atomic E-state index is 12.2. The molecule has 2 amide bonds. The van der Waals surface area contributed by atoms with Crippen LogP contribution in [0.25, 0.3) is 0 Å². The molecule has 2 rings (SSSR count). The number of hydrogen-bond acceptors (Lipinski definition) is 5. The first kappa shape index (κ1) is 22.9. The van der Waals surface area contributed by atoms with Crippen molar-refractivity contribution >= 4 is 17.6 Å². The molecule has 0 unspecified atom stereocenters. The molecule has 1 atom stereocenters. The number of carbonyl (C=O) groups excluding carboxylic acids is 3. The van der Waals surface area contributed by atoms with E-state index in [-0.39, 0.29) is 18.6 Å². The molecule has 0 aromatic heterocycles. The van der Waals surface area contributed by atoms with Crippen molar-refractivity contribution in [2.75, 3.05) is 6.61 Å². The molecule has 7 nitrogen and oxygen atoms in total. The molecule has 160 valence electrons. The van der Waals surface area contributed by atoms with E-state index in [0.717, 1.165) is 11.1 Å². The van der Waals surface area contributed by atoms with Crippen molar-refractivity contribution < 1.29 is 23.9 Å². The van der Waals surface area contributed by atoms with E-state index in [1.54, 1.807) is 37.3 Å². The maximum atomic E-state index is 12.2. The number of hydrogen-bond donors (Lipinski definition) is 2. The van der Waals surface area contributed by atoms with Crippen LogP contribution in [0.1, 0.15) is 48.2 Å². The smallest absolute Gasteiger partial charge is 0.279 e. The molecule has 0 fully saturated rings. The summed E-state index contributed by atoms with van der Waals surface area (Å²) in [7, 11) is 0. The lowest BCUT2D eigenvalue weighted by atomic mass is 10.0. The summed E-state index contributed by atoms with van der Waals surface area (Å²) in [6.07, 6.45) is -0.789. The van der Waals surface area contributed by atoms with Crippen molar-refractivity contribution in [3.63, 3.8) is 0 Å². The highest BCUT2D eigenvalue weighted by atomic mass is 16.5. The largest absolute Gasteiger partial charge is 0.494 e. The van der Waals surface area contributed by atoms with Crippen LogP contribution in [0.2, 0.25) is 0 Å². The SMILES string of the molecule is CCOc1ccc(O[C@@H](C)C(=O)NNC(=O)CCC(=O)c2ccc(C)c(C)c2)cc1. The fraction of sp³-hybridized carbons (Fsp3) is 0.348. The standard InChI is InChI=1S/C23H28N2O5/c1-5-29-19-8-10-20(11-9-19)30-17(4)23(28)25-24-22(27)13-12-21(26)18-7-6-15(2)16(3)14-18/h6-11,14,17H,5,12-13H2,1-4H3,(H,24,27)(H,25,28)/t17-/m0/s1. The summed E-state index contributed by atoms with van der Waals surface area (Å²) in [5, 5.41) is 0. The predicted molar refractivity (Wildman–Crippen MR) is 113 cm³/mol. The Kier molecular flexibility index (Phi) is 8.41. The first-order valence-corrected chi connectivity index (χ1v) is 9.88. The molecule has 2 aromatic rings. The van der Waals surface area contributed by atoms with Gasteiger partial charge in [-0.15, -0.1) is 0 Å². The van der Waals surface area contributed by atoms with E-state index >= 15 is 0 Å². The zero-order valence-corrected chi connectivity index (χ0v) is 17.8. The maximum Gasteiger partial charge on any atom is 0.279 e. The van der Waals surface area contributed by atoms with Crippen molar-refractivity contribution in [3.8, 4) is 11.5 Å². The van der Waals surface area contributed by atoms with Gasteiger partial charge in [-0.2, -0.15) is 0 Å². The Morgan fingerprint density at radius 3 is 2.20 bits per heavy atom. The van der Waals surface area contributed by atoms with E-state index in [2.05, 4.69) is 10.9 Å². The van der Waals surface area contributed by atoms with Crippen LogP contribution in [0.5, 0.6) is 11.5 Å². The number of hydrazine groups is 1. The van der Waals surface area contributed by atoms with Crippen molar-refractivity contribution in [3.05, 3.63) is 59.2 Å². The first-order valence-electron chi connectivity index (χ1n) is 9.88. The van der Waals surface area contributed by atoms with Crippen molar-refractivity contribution in [2.45, 2.75) is 46.6 Å². The van der Waals surface area contributed by atoms with E-state index in [9.17, 15) is 14.4 Å². The van der Waals surface area contributed by atoms with Gasteiger partial charge in [0.2, 0.25) is 5.91 Å². The summed E-state index contributed by atoms with van der Waals surface area (Å²) < 4.78 is 10.9. The van der Waals surface area contributed by atoms with Crippen LogP contribution in [-0.2, 0) is 9.59 Å². The van der Waals surface area contributed by atoms with Crippen LogP contribution >= 0.6 is 0 Å². The number of amides is 2. The molecular formula is C23H28N2O5. The van der Waals surface area contributed by atoms with Crippen molar-refractivity contribution in [1.29, 1.82) is 0 Å². The molecule has 0 bridgehead atoms. The highest BCUT2D eigenvalue weighted by molar-refractivity contribution is 5.98. The Labute approximate surface area is 176 Å². The Morgan fingerprint density at radius 1 is 0.900 bits per heavy atom.